The molecule has 3 heterocycles. The summed E-state index contributed by atoms with van der Waals surface area (Å²) in [6.07, 6.45) is 5.24. The summed E-state index contributed by atoms with van der Waals surface area (Å²) in [5.74, 6) is 1.18. The quantitative estimate of drug-likeness (QED) is 0.167. The number of carbonyl (C=O) groups is 1. The molecule has 1 aromatic carbocycles. The van der Waals surface area contributed by atoms with Crippen LogP contribution in [0.3, 0.4) is 0 Å². The first-order valence-electron chi connectivity index (χ1n) is 13.7. The van der Waals surface area contributed by atoms with Crippen LogP contribution in [-0.4, -0.2) is 43.6 Å². The number of hydrogen-bond acceptors (Lipinski definition) is 8. The van der Waals surface area contributed by atoms with Gasteiger partial charge in [0, 0.05) is 30.8 Å². The van der Waals surface area contributed by atoms with Crippen LogP contribution in [-0.2, 0) is 16.1 Å². The Morgan fingerprint density at radius 2 is 1.72 bits per heavy atom. The largest absolute Gasteiger partial charge is 0.464 e. The lowest BCUT2D eigenvalue weighted by molar-refractivity contribution is -0.144. The number of nitrogens with one attached hydrogen (secondary N) is 2. The normalized spacial score (nSPS) is 10.9. The average Bonchev–Trinajstić information content (AvgIpc) is 3.35. The van der Waals surface area contributed by atoms with Gasteiger partial charge in [0.2, 0.25) is 5.95 Å². The summed E-state index contributed by atoms with van der Waals surface area (Å²) in [6.45, 7) is 13.6. The van der Waals surface area contributed by atoms with Gasteiger partial charge in [0.05, 0.1) is 18.6 Å². The van der Waals surface area contributed by atoms with E-state index in [2.05, 4.69) is 82.5 Å². The van der Waals surface area contributed by atoms with Crippen molar-refractivity contribution >= 4 is 28.9 Å². The first-order valence-corrected chi connectivity index (χ1v) is 13.7. The third-order valence-electron chi connectivity index (χ3n) is 5.58. The van der Waals surface area contributed by atoms with Crippen molar-refractivity contribution in [3.63, 3.8) is 0 Å². The molecular formula is C30H41N7O2. The van der Waals surface area contributed by atoms with Gasteiger partial charge in [-0.25, -0.2) is 4.98 Å². The number of anilines is 2. The number of imidazole rings is 1. The topological polar surface area (TPSA) is 107 Å². The van der Waals surface area contributed by atoms with Crippen LogP contribution in [0.5, 0.6) is 0 Å². The van der Waals surface area contributed by atoms with E-state index in [1.165, 1.54) is 6.42 Å². The highest BCUT2D eigenvalue weighted by molar-refractivity contribution is 5.84. The first-order chi connectivity index (χ1) is 18.8. The molecule has 0 fully saturated rings. The number of rotatable bonds is 11. The first kappa shape index (κ1) is 29.5. The van der Waals surface area contributed by atoms with Crippen molar-refractivity contribution in [3.05, 3.63) is 60.6 Å². The fourth-order valence-electron chi connectivity index (χ4n) is 3.73. The molecule has 0 aliphatic heterocycles. The van der Waals surface area contributed by atoms with E-state index in [1.807, 2.05) is 36.6 Å². The SMILES string of the molecule is CC(C)CC(=O)OCCNc1nc(NCc2ccc(-c3ccccn3)cc2)c2ncn(C(C)C)c2n1.CCC. The molecule has 0 aliphatic rings. The maximum absolute atomic E-state index is 11.8. The van der Waals surface area contributed by atoms with Gasteiger partial charge < -0.3 is 19.9 Å². The molecule has 0 saturated carbocycles. The molecule has 0 atom stereocenters. The van der Waals surface area contributed by atoms with Gasteiger partial charge in [-0.05, 0) is 37.5 Å². The highest BCUT2D eigenvalue weighted by Crippen LogP contribution is 2.24. The van der Waals surface area contributed by atoms with Crippen LogP contribution >= 0.6 is 0 Å². The van der Waals surface area contributed by atoms with Crippen molar-refractivity contribution in [2.24, 2.45) is 5.92 Å². The summed E-state index contributed by atoms with van der Waals surface area (Å²) in [5, 5.41) is 6.60. The van der Waals surface area contributed by atoms with Gasteiger partial charge in [0.25, 0.3) is 0 Å². The van der Waals surface area contributed by atoms with Gasteiger partial charge >= 0.3 is 5.97 Å². The van der Waals surface area contributed by atoms with Gasteiger partial charge in [-0.3, -0.25) is 9.78 Å². The lowest BCUT2D eigenvalue weighted by Gasteiger charge is -2.13. The van der Waals surface area contributed by atoms with Crippen molar-refractivity contribution in [3.8, 4) is 11.3 Å². The van der Waals surface area contributed by atoms with E-state index in [4.69, 9.17) is 4.74 Å². The second-order valence-electron chi connectivity index (χ2n) is 10.0. The van der Waals surface area contributed by atoms with Crippen LogP contribution in [0, 0.1) is 5.92 Å². The van der Waals surface area contributed by atoms with Gasteiger partial charge in [-0.1, -0.05) is 64.4 Å². The number of esters is 1. The number of hydrogen-bond donors (Lipinski definition) is 2. The second kappa shape index (κ2) is 14.8. The van der Waals surface area contributed by atoms with Crippen LogP contribution in [0.15, 0.2) is 55.0 Å². The Kier molecular flexibility index (Phi) is 11.2. The molecule has 3 aromatic heterocycles. The summed E-state index contributed by atoms with van der Waals surface area (Å²) in [4.78, 5) is 30.1. The van der Waals surface area contributed by atoms with E-state index in [0.717, 1.165) is 22.5 Å². The molecule has 39 heavy (non-hydrogen) atoms. The van der Waals surface area contributed by atoms with E-state index >= 15 is 0 Å². The molecule has 0 spiro atoms. The van der Waals surface area contributed by atoms with Gasteiger partial charge in [-0.15, -0.1) is 0 Å². The molecule has 9 nitrogen and oxygen atoms in total. The summed E-state index contributed by atoms with van der Waals surface area (Å²) < 4.78 is 7.30. The highest BCUT2D eigenvalue weighted by Gasteiger charge is 2.15. The Bertz CT molecular complexity index is 1300. The number of carbonyl (C=O) groups excluding carboxylic acids is 1. The van der Waals surface area contributed by atoms with Crippen LogP contribution in [0.2, 0.25) is 0 Å². The van der Waals surface area contributed by atoms with Crippen molar-refractivity contribution in [1.29, 1.82) is 0 Å². The van der Waals surface area contributed by atoms with Crippen LogP contribution in [0.1, 0.15) is 66.0 Å². The lowest BCUT2D eigenvalue weighted by atomic mass is 10.1. The molecule has 0 aliphatic carbocycles. The number of nitrogens with zero attached hydrogens (tertiary/aromatic N) is 5. The standard InChI is InChI=1S/C27H33N7O2.C3H8/c1-18(2)15-23(35)36-14-13-29-27-32-25(24-26(33-27)34(17-31-24)19(3)4)30-16-20-8-10-21(11-9-20)22-7-5-6-12-28-22;1-3-2/h5-12,17-19H,13-16H2,1-4H3,(H2,29,30,32,33);3H2,1-2H3. The highest BCUT2D eigenvalue weighted by atomic mass is 16.5. The Morgan fingerprint density at radius 3 is 2.36 bits per heavy atom. The fraction of sp³-hybridized carbons (Fsp3) is 0.433. The third kappa shape index (κ3) is 8.77. The maximum atomic E-state index is 11.8. The Morgan fingerprint density at radius 1 is 0.974 bits per heavy atom. The average molecular weight is 532 g/mol. The van der Waals surface area contributed by atoms with Gasteiger partial charge in [0.1, 0.15) is 6.61 Å². The minimum Gasteiger partial charge on any atom is -0.464 e. The third-order valence-corrected chi connectivity index (χ3v) is 5.58. The molecule has 0 amide bonds. The monoisotopic (exact) mass is 531 g/mol. The second-order valence-corrected chi connectivity index (χ2v) is 10.0. The lowest BCUT2D eigenvalue weighted by Crippen LogP contribution is -2.17. The number of pyridine rings is 1. The molecule has 2 N–H and O–H groups in total. The molecule has 4 rings (SSSR count). The molecular weight excluding hydrogens is 490 g/mol. The van der Waals surface area contributed by atoms with Gasteiger partial charge in [-0.2, -0.15) is 9.97 Å². The Labute approximate surface area is 231 Å². The molecule has 208 valence electrons. The summed E-state index contributed by atoms with van der Waals surface area (Å²) in [7, 11) is 0. The number of aromatic nitrogens is 5. The van der Waals surface area contributed by atoms with Crippen molar-refractivity contribution in [1.82, 2.24) is 24.5 Å². The van der Waals surface area contributed by atoms with E-state index in [1.54, 1.807) is 12.5 Å². The minimum absolute atomic E-state index is 0.196. The van der Waals surface area contributed by atoms with E-state index in [0.29, 0.717) is 36.8 Å². The Balaban J connectivity index is 0.00000134. The van der Waals surface area contributed by atoms with Crippen LogP contribution in [0.4, 0.5) is 11.8 Å². The molecule has 0 unspecified atom stereocenters. The molecule has 0 radical (unpaired) electrons. The summed E-state index contributed by atoms with van der Waals surface area (Å²) >= 11 is 0. The predicted molar refractivity (Wildman–Crippen MR) is 158 cm³/mol. The van der Waals surface area contributed by atoms with E-state index < -0.39 is 0 Å². The van der Waals surface area contributed by atoms with Crippen molar-refractivity contribution in [2.75, 3.05) is 23.8 Å². The van der Waals surface area contributed by atoms with Crippen molar-refractivity contribution < 1.29 is 9.53 Å². The van der Waals surface area contributed by atoms with Crippen molar-refractivity contribution in [2.45, 2.75) is 67.0 Å². The molecule has 9 heteroatoms. The van der Waals surface area contributed by atoms with E-state index in [-0.39, 0.29) is 24.5 Å². The number of ether oxygens (including phenoxy) is 1. The summed E-state index contributed by atoms with van der Waals surface area (Å²) in [6, 6.07) is 14.4. The van der Waals surface area contributed by atoms with Crippen LogP contribution < -0.4 is 10.6 Å². The predicted octanol–water partition coefficient (Wildman–Crippen LogP) is 6.50. The number of fused-ring (bicyclic) bond motifs is 1. The van der Waals surface area contributed by atoms with Gasteiger partial charge in [0.15, 0.2) is 17.0 Å². The smallest absolute Gasteiger partial charge is 0.306 e. The number of benzene rings is 1. The molecule has 0 bridgehead atoms. The van der Waals surface area contributed by atoms with E-state index in [9.17, 15) is 4.79 Å². The fourth-order valence-corrected chi connectivity index (χ4v) is 3.73. The molecule has 0 saturated heterocycles. The summed E-state index contributed by atoms with van der Waals surface area (Å²) in [5.41, 5.74) is 4.57. The zero-order valence-electron chi connectivity index (χ0n) is 23.9. The van der Waals surface area contributed by atoms with Crippen LogP contribution in [0.25, 0.3) is 22.4 Å². The maximum Gasteiger partial charge on any atom is 0.306 e. The Hall–Kier alpha value is -4.01. The zero-order valence-corrected chi connectivity index (χ0v) is 23.9. The minimum atomic E-state index is -0.197. The molecule has 4 aromatic rings. The zero-order chi connectivity index (χ0) is 28.2.